The molecule has 2 saturated heterocycles. The second kappa shape index (κ2) is 14.0. The summed E-state index contributed by atoms with van der Waals surface area (Å²) in [5, 5.41) is 3.10. The Kier molecular flexibility index (Phi) is 10.4. The van der Waals surface area contributed by atoms with E-state index in [1.54, 1.807) is 24.3 Å². The zero-order valence-corrected chi connectivity index (χ0v) is 24.2. The number of halogens is 1. The van der Waals surface area contributed by atoms with Gasteiger partial charge in [-0.2, -0.15) is 0 Å². The Bertz CT molecular complexity index is 1240. The lowest BCUT2D eigenvalue weighted by molar-refractivity contribution is -0.118. The van der Waals surface area contributed by atoms with Crippen molar-refractivity contribution in [1.29, 1.82) is 0 Å². The highest BCUT2D eigenvalue weighted by atomic mass is 35.5. The average molecular weight is 588 g/mol. The number of ether oxygens (including phenoxy) is 3. The van der Waals surface area contributed by atoms with Crippen LogP contribution in [-0.2, 0) is 20.9 Å². The molecule has 2 aliphatic heterocycles. The molecule has 0 saturated carbocycles. The van der Waals surface area contributed by atoms with E-state index in [-0.39, 0.29) is 59.3 Å². The quantitative estimate of drug-likeness (QED) is 0.282. The van der Waals surface area contributed by atoms with Gasteiger partial charge in [-0.25, -0.2) is 4.79 Å². The summed E-state index contributed by atoms with van der Waals surface area (Å²) in [6, 6.07) is 8.16. The second-order valence-corrected chi connectivity index (χ2v) is 10.9. The lowest BCUT2D eigenvalue weighted by Gasteiger charge is -2.31. The molecule has 0 unspecified atom stereocenters. The summed E-state index contributed by atoms with van der Waals surface area (Å²) >= 11 is 6.19. The smallest absolute Gasteiger partial charge is 0.338 e. The van der Waals surface area contributed by atoms with Gasteiger partial charge in [-0.3, -0.25) is 14.5 Å². The highest BCUT2D eigenvalue weighted by molar-refractivity contribution is 6.33. The Labute approximate surface area is 245 Å². The summed E-state index contributed by atoms with van der Waals surface area (Å²) in [5.41, 5.74) is 13.6. The number of carbonyl (C=O) groups excluding carboxylic acids is 3. The third-order valence-corrected chi connectivity index (χ3v) is 7.86. The molecule has 5 N–H and O–H groups in total. The molecule has 41 heavy (non-hydrogen) atoms. The SMILES string of the molecule is COc1c(C(N)=O)cc(Cl)c(N)c1COC1CCN(CC(=O)Nc2ccc(C(=O)OC3CCN(C)CC3)cc2)CC1. The van der Waals surface area contributed by atoms with Crippen molar-refractivity contribution in [2.24, 2.45) is 5.73 Å². The number of methoxy groups -OCH3 is 1. The number of nitrogens with one attached hydrogen (secondary N) is 1. The number of likely N-dealkylation sites (tertiary alicyclic amines) is 2. The molecule has 2 aromatic carbocycles. The Balaban J connectivity index is 1.21. The molecule has 0 atom stereocenters. The van der Waals surface area contributed by atoms with Crippen LogP contribution in [0.25, 0.3) is 0 Å². The third kappa shape index (κ3) is 8.10. The second-order valence-electron chi connectivity index (χ2n) is 10.5. The zero-order chi connectivity index (χ0) is 29.5. The van der Waals surface area contributed by atoms with Crippen molar-refractivity contribution in [2.75, 3.05) is 57.9 Å². The fraction of sp³-hybridized carbons (Fsp3) is 0.483. The molecule has 2 heterocycles. The van der Waals surface area contributed by atoms with Gasteiger partial charge in [0, 0.05) is 37.4 Å². The largest absolute Gasteiger partial charge is 0.495 e. The van der Waals surface area contributed by atoms with E-state index in [1.807, 2.05) is 0 Å². The molecule has 0 aromatic heterocycles. The first kappa shape index (κ1) is 30.6. The molecule has 12 heteroatoms. The summed E-state index contributed by atoms with van der Waals surface area (Å²) in [4.78, 5) is 41.2. The van der Waals surface area contributed by atoms with Crippen molar-refractivity contribution >= 4 is 40.8 Å². The number of carbonyl (C=O) groups is 3. The van der Waals surface area contributed by atoms with Gasteiger partial charge in [0.2, 0.25) is 5.91 Å². The van der Waals surface area contributed by atoms with Crippen LogP contribution in [0.1, 0.15) is 52.0 Å². The van der Waals surface area contributed by atoms with Gasteiger partial charge >= 0.3 is 5.97 Å². The fourth-order valence-corrected chi connectivity index (χ4v) is 5.33. The number of piperidine rings is 2. The minimum Gasteiger partial charge on any atom is -0.495 e. The maximum atomic E-state index is 12.7. The summed E-state index contributed by atoms with van der Waals surface area (Å²) in [6.45, 7) is 3.54. The number of hydrogen-bond acceptors (Lipinski definition) is 9. The van der Waals surface area contributed by atoms with Crippen molar-refractivity contribution in [3.8, 4) is 5.75 Å². The zero-order valence-electron chi connectivity index (χ0n) is 23.5. The summed E-state index contributed by atoms with van der Waals surface area (Å²) in [7, 11) is 3.49. The van der Waals surface area contributed by atoms with Crippen LogP contribution in [0.2, 0.25) is 5.02 Å². The lowest BCUT2D eigenvalue weighted by Crippen LogP contribution is -2.41. The summed E-state index contributed by atoms with van der Waals surface area (Å²) in [5.74, 6) is -0.887. The van der Waals surface area contributed by atoms with E-state index < -0.39 is 5.91 Å². The number of nitrogens with zero attached hydrogens (tertiary/aromatic N) is 2. The van der Waals surface area contributed by atoms with Crippen molar-refractivity contribution in [1.82, 2.24) is 9.80 Å². The number of rotatable bonds is 10. The predicted octanol–water partition coefficient (Wildman–Crippen LogP) is 2.90. The number of nitrogen functional groups attached to an aromatic ring is 1. The van der Waals surface area contributed by atoms with E-state index in [4.69, 9.17) is 37.3 Å². The van der Waals surface area contributed by atoms with Crippen LogP contribution < -0.4 is 21.5 Å². The Morgan fingerprint density at radius 1 is 1.02 bits per heavy atom. The molecule has 4 rings (SSSR count). The molecule has 2 aliphatic rings. The minimum absolute atomic E-state index is 0.0555. The highest BCUT2D eigenvalue weighted by Crippen LogP contribution is 2.36. The Morgan fingerprint density at radius 3 is 2.27 bits per heavy atom. The highest BCUT2D eigenvalue weighted by Gasteiger charge is 2.25. The van der Waals surface area contributed by atoms with Crippen LogP contribution in [0.5, 0.6) is 5.75 Å². The molecule has 0 spiro atoms. The normalized spacial score (nSPS) is 17.2. The van der Waals surface area contributed by atoms with Gasteiger partial charge in [-0.1, -0.05) is 11.6 Å². The van der Waals surface area contributed by atoms with Gasteiger partial charge in [0.1, 0.15) is 11.9 Å². The van der Waals surface area contributed by atoms with Crippen LogP contribution >= 0.6 is 11.6 Å². The fourth-order valence-electron chi connectivity index (χ4n) is 5.11. The molecular formula is C29H38ClN5O6. The number of nitrogens with two attached hydrogens (primary N) is 2. The molecule has 2 amide bonds. The molecule has 0 bridgehead atoms. The van der Waals surface area contributed by atoms with Crippen LogP contribution in [0.4, 0.5) is 11.4 Å². The maximum absolute atomic E-state index is 12.7. The van der Waals surface area contributed by atoms with E-state index in [1.165, 1.54) is 13.2 Å². The number of primary amides is 1. The van der Waals surface area contributed by atoms with Crippen LogP contribution in [-0.4, -0.2) is 86.7 Å². The van der Waals surface area contributed by atoms with Crippen molar-refractivity contribution in [3.05, 3.63) is 52.0 Å². The van der Waals surface area contributed by atoms with E-state index in [0.717, 1.165) is 25.9 Å². The summed E-state index contributed by atoms with van der Waals surface area (Å²) < 4.78 is 17.1. The lowest BCUT2D eigenvalue weighted by atomic mass is 10.1. The molecule has 0 aliphatic carbocycles. The van der Waals surface area contributed by atoms with Crippen molar-refractivity contribution in [3.63, 3.8) is 0 Å². The number of esters is 1. The first-order valence-corrected chi connectivity index (χ1v) is 14.1. The number of anilines is 2. The van der Waals surface area contributed by atoms with Gasteiger partial charge in [-0.15, -0.1) is 0 Å². The number of benzene rings is 2. The minimum atomic E-state index is -0.668. The topological polar surface area (TPSA) is 149 Å². The Morgan fingerprint density at radius 2 is 1.66 bits per heavy atom. The monoisotopic (exact) mass is 587 g/mol. The number of hydrogen-bond donors (Lipinski definition) is 3. The van der Waals surface area contributed by atoms with Gasteiger partial charge in [0.05, 0.1) is 48.2 Å². The number of amides is 2. The molecule has 11 nitrogen and oxygen atoms in total. The molecule has 222 valence electrons. The van der Waals surface area contributed by atoms with Gasteiger partial charge in [-0.05, 0) is 63.1 Å². The van der Waals surface area contributed by atoms with Gasteiger partial charge < -0.3 is 35.9 Å². The standard InChI is InChI=1S/C29H38ClN5O6/c1-34-11-7-21(8-12-34)41-29(38)18-3-5-19(6-4-18)33-25(36)16-35-13-9-20(10-14-35)40-17-23-26(31)24(30)15-22(28(32)37)27(23)39-2/h3-6,15,20-21H,7-14,16-17,31H2,1-2H3,(H2,32,37)(H,33,36). The van der Waals surface area contributed by atoms with Crippen LogP contribution in [0.15, 0.2) is 30.3 Å². The van der Waals surface area contributed by atoms with Crippen molar-refractivity contribution < 1.29 is 28.6 Å². The van der Waals surface area contributed by atoms with Gasteiger partial charge in [0.25, 0.3) is 5.91 Å². The van der Waals surface area contributed by atoms with E-state index >= 15 is 0 Å². The molecule has 0 radical (unpaired) electrons. The van der Waals surface area contributed by atoms with Crippen LogP contribution in [0.3, 0.4) is 0 Å². The first-order chi connectivity index (χ1) is 19.6. The molecular weight excluding hydrogens is 550 g/mol. The third-order valence-electron chi connectivity index (χ3n) is 7.55. The predicted molar refractivity (Wildman–Crippen MR) is 156 cm³/mol. The summed E-state index contributed by atoms with van der Waals surface area (Å²) in [6.07, 6.45) is 2.99. The van der Waals surface area contributed by atoms with E-state index in [2.05, 4.69) is 22.2 Å². The maximum Gasteiger partial charge on any atom is 0.338 e. The Hall–Kier alpha value is -3.38. The van der Waals surface area contributed by atoms with Gasteiger partial charge in [0.15, 0.2) is 0 Å². The average Bonchev–Trinajstić information content (AvgIpc) is 2.95. The van der Waals surface area contributed by atoms with Crippen LogP contribution in [0, 0.1) is 0 Å². The van der Waals surface area contributed by atoms with E-state index in [9.17, 15) is 14.4 Å². The molecule has 2 aromatic rings. The molecule has 2 fully saturated rings. The first-order valence-electron chi connectivity index (χ1n) is 13.7. The van der Waals surface area contributed by atoms with Crippen molar-refractivity contribution in [2.45, 2.75) is 44.5 Å². The van der Waals surface area contributed by atoms with E-state index in [0.29, 0.717) is 42.7 Å².